The third-order valence-electron chi connectivity index (χ3n) is 4.00. The maximum atomic E-state index is 12.1. The average Bonchev–Trinajstić information content (AvgIpc) is 2.86. The van der Waals surface area contributed by atoms with Crippen molar-refractivity contribution in [1.82, 2.24) is 0 Å². The van der Waals surface area contributed by atoms with Crippen LogP contribution < -0.4 is 5.73 Å². The fourth-order valence-electron chi connectivity index (χ4n) is 3.08. The fraction of sp³-hybridized carbons (Fsp3) is 0.0556. The monoisotopic (exact) mass is 320 g/mol. The zero-order valence-electron chi connectivity index (χ0n) is 12.3. The molecule has 2 aliphatic rings. The number of rotatable bonds is 2. The summed E-state index contributed by atoms with van der Waals surface area (Å²) in [5.74, 6) is -0.329. The number of benzene rings is 2. The molecule has 0 fully saturated rings. The number of amides is 1. The lowest BCUT2D eigenvalue weighted by Crippen LogP contribution is -2.18. The van der Waals surface area contributed by atoms with Crippen LogP contribution in [0, 0.1) is 0 Å². The van der Waals surface area contributed by atoms with Crippen molar-refractivity contribution < 1.29 is 9.59 Å². The molecular weight excluding hydrogens is 308 g/mol. The predicted molar refractivity (Wildman–Crippen MR) is 92.1 cm³/mol. The molecule has 0 saturated heterocycles. The zero-order valence-corrected chi connectivity index (χ0v) is 13.1. The van der Waals surface area contributed by atoms with Gasteiger partial charge in [-0.3, -0.25) is 9.59 Å². The van der Waals surface area contributed by atoms with Crippen LogP contribution in [-0.4, -0.2) is 16.9 Å². The van der Waals surface area contributed by atoms with Gasteiger partial charge >= 0.3 is 0 Å². The van der Waals surface area contributed by atoms with Crippen LogP contribution >= 0.6 is 11.8 Å². The molecule has 5 heteroatoms. The van der Waals surface area contributed by atoms with Crippen LogP contribution in [0.3, 0.4) is 0 Å². The molecule has 0 unspecified atom stereocenters. The molecule has 0 spiro atoms. The maximum absolute atomic E-state index is 12.1. The average molecular weight is 320 g/mol. The molecule has 1 amide bonds. The Balaban J connectivity index is 1.97. The first-order valence-electron chi connectivity index (χ1n) is 7.12. The summed E-state index contributed by atoms with van der Waals surface area (Å²) in [5.41, 5.74) is 10.8. The molecule has 0 saturated carbocycles. The summed E-state index contributed by atoms with van der Waals surface area (Å²) in [4.78, 5) is 28.4. The minimum atomic E-state index is -0.331. The number of ketones is 1. The highest BCUT2D eigenvalue weighted by Gasteiger charge is 2.37. The SMILES string of the molecule is CC(=O)c1c2ccc(-c3ccccc3)c1/C2=C1\SC(N)=NC1=O. The van der Waals surface area contributed by atoms with Crippen LogP contribution in [0.15, 0.2) is 52.4 Å². The van der Waals surface area contributed by atoms with Gasteiger partial charge in [0.05, 0.1) is 4.91 Å². The standard InChI is InChI=1S/C18H12N2O2S/c1-9(21)13-12-8-7-11(10-5-3-2-4-6-10)14(13)15(12)16-17(22)20-18(19)23-16/h2-8H,1H3,(H2,19,20,22)/b16-15-. The highest BCUT2D eigenvalue weighted by Crippen LogP contribution is 2.51. The predicted octanol–water partition coefficient (Wildman–Crippen LogP) is 3.22. The molecule has 0 atom stereocenters. The van der Waals surface area contributed by atoms with E-state index in [4.69, 9.17) is 5.73 Å². The number of nitrogens with zero attached hydrogens (tertiary/aromatic N) is 1. The van der Waals surface area contributed by atoms with E-state index in [1.165, 1.54) is 11.8 Å². The first kappa shape index (κ1) is 14.0. The number of hydrogen-bond donors (Lipinski definition) is 1. The van der Waals surface area contributed by atoms with Gasteiger partial charge in [0.25, 0.3) is 5.91 Å². The van der Waals surface area contributed by atoms with Gasteiger partial charge in [-0.25, -0.2) is 0 Å². The molecule has 4 rings (SSSR count). The number of aliphatic imine (C=N–C) groups is 1. The van der Waals surface area contributed by atoms with Gasteiger partial charge < -0.3 is 5.73 Å². The van der Waals surface area contributed by atoms with Gasteiger partial charge in [-0.1, -0.05) is 42.5 Å². The van der Waals surface area contributed by atoms with E-state index in [9.17, 15) is 9.59 Å². The Bertz CT molecular complexity index is 943. The van der Waals surface area contributed by atoms with E-state index < -0.39 is 0 Å². The molecule has 2 N–H and O–H groups in total. The van der Waals surface area contributed by atoms with Gasteiger partial charge in [0.15, 0.2) is 11.0 Å². The second-order valence-corrected chi connectivity index (χ2v) is 6.42. The second kappa shape index (κ2) is 4.93. The van der Waals surface area contributed by atoms with Crippen LogP contribution in [0.25, 0.3) is 16.7 Å². The number of amidine groups is 1. The van der Waals surface area contributed by atoms with Crippen LogP contribution in [0.4, 0.5) is 0 Å². The number of Topliss-reactive ketones (excluding diaryl/α,β-unsaturated/α-hetero) is 1. The quantitative estimate of drug-likeness (QED) is 0.581. The van der Waals surface area contributed by atoms with Gasteiger partial charge in [0.2, 0.25) is 0 Å². The van der Waals surface area contributed by atoms with E-state index in [-0.39, 0.29) is 16.9 Å². The maximum Gasteiger partial charge on any atom is 0.286 e. The van der Waals surface area contributed by atoms with Crippen LogP contribution in [0.2, 0.25) is 0 Å². The van der Waals surface area contributed by atoms with E-state index in [0.29, 0.717) is 10.5 Å². The number of carbonyl (C=O) groups is 2. The van der Waals surface area contributed by atoms with E-state index in [2.05, 4.69) is 4.99 Å². The summed E-state index contributed by atoms with van der Waals surface area (Å²) < 4.78 is 0. The topological polar surface area (TPSA) is 72.5 Å². The highest BCUT2D eigenvalue weighted by atomic mass is 32.2. The van der Waals surface area contributed by atoms with E-state index >= 15 is 0 Å². The van der Waals surface area contributed by atoms with Gasteiger partial charge in [-0.15, -0.1) is 0 Å². The lowest BCUT2D eigenvalue weighted by Gasteiger charge is -2.30. The van der Waals surface area contributed by atoms with E-state index in [1.807, 2.05) is 42.5 Å². The summed E-state index contributed by atoms with van der Waals surface area (Å²) in [5, 5.41) is 0.248. The summed E-state index contributed by atoms with van der Waals surface area (Å²) >= 11 is 1.17. The molecule has 1 aliphatic carbocycles. The third-order valence-corrected chi connectivity index (χ3v) is 4.88. The summed E-state index contributed by atoms with van der Waals surface area (Å²) in [6.45, 7) is 1.55. The summed E-state index contributed by atoms with van der Waals surface area (Å²) in [6.07, 6.45) is 0. The Hall–Kier alpha value is -2.66. The molecular formula is C18H12N2O2S. The smallest absolute Gasteiger partial charge is 0.286 e. The molecule has 2 bridgehead atoms. The zero-order chi connectivity index (χ0) is 16.1. The molecule has 1 heterocycles. The number of carbonyl (C=O) groups excluding carboxylic acids is 2. The second-order valence-electron chi connectivity index (χ2n) is 5.39. The van der Waals surface area contributed by atoms with Crippen molar-refractivity contribution in [2.75, 3.05) is 0 Å². The van der Waals surface area contributed by atoms with Crippen molar-refractivity contribution in [2.24, 2.45) is 10.7 Å². The minimum Gasteiger partial charge on any atom is -0.378 e. The molecule has 4 nitrogen and oxygen atoms in total. The molecule has 23 heavy (non-hydrogen) atoms. The van der Waals surface area contributed by atoms with E-state index in [1.54, 1.807) is 6.92 Å². The van der Waals surface area contributed by atoms with Crippen molar-refractivity contribution in [3.05, 3.63) is 64.1 Å². The van der Waals surface area contributed by atoms with Crippen molar-refractivity contribution in [2.45, 2.75) is 6.92 Å². The van der Waals surface area contributed by atoms with Crippen molar-refractivity contribution in [3.63, 3.8) is 0 Å². The van der Waals surface area contributed by atoms with Crippen LogP contribution in [0.5, 0.6) is 0 Å². The number of hydrogen-bond acceptors (Lipinski definition) is 4. The molecule has 0 aromatic heterocycles. The van der Waals surface area contributed by atoms with Gasteiger partial charge in [0, 0.05) is 16.7 Å². The third kappa shape index (κ3) is 1.97. The summed E-state index contributed by atoms with van der Waals surface area (Å²) in [6, 6.07) is 13.7. The van der Waals surface area contributed by atoms with Crippen LogP contribution in [-0.2, 0) is 4.79 Å². The normalized spacial score (nSPS) is 18.7. The minimum absolute atomic E-state index is 0.00136. The number of nitrogens with two attached hydrogens (primary N) is 1. The van der Waals surface area contributed by atoms with Crippen molar-refractivity contribution in [3.8, 4) is 11.1 Å². The van der Waals surface area contributed by atoms with Gasteiger partial charge in [-0.05, 0) is 35.4 Å². The molecule has 0 radical (unpaired) electrons. The van der Waals surface area contributed by atoms with Gasteiger partial charge in [-0.2, -0.15) is 4.99 Å². The number of fused-ring (bicyclic) bond motifs is 2. The molecule has 2 aromatic carbocycles. The number of thioether (sulfide) groups is 1. The van der Waals surface area contributed by atoms with Crippen LogP contribution in [0.1, 0.15) is 28.4 Å². The first-order chi connectivity index (χ1) is 11.1. The molecule has 112 valence electrons. The first-order valence-corrected chi connectivity index (χ1v) is 7.94. The Morgan fingerprint density at radius 3 is 2.39 bits per heavy atom. The molecule has 1 aliphatic heterocycles. The van der Waals surface area contributed by atoms with Crippen molar-refractivity contribution in [1.29, 1.82) is 0 Å². The Morgan fingerprint density at radius 2 is 1.78 bits per heavy atom. The lowest BCUT2D eigenvalue weighted by molar-refractivity contribution is -0.113. The van der Waals surface area contributed by atoms with Gasteiger partial charge in [0.1, 0.15) is 0 Å². The Morgan fingerprint density at radius 1 is 1.09 bits per heavy atom. The highest BCUT2D eigenvalue weighted by molar-refractivity contribution is 8.18. The fourth-order valence-corrected chi connectivity index (χ4v) is 3.87. The Labute approximate surface area is 137 Å². The summed E-state index contributed by atoms with van der Waals surface area (Å²) in [7, 11) is 0. The van der Waals surface area contributed by atoms with Crippen molar-refractivity contribution >= 4 is 34.2 Å². The molecule has 2 aromatic rings. The lowest BCUT2D eigenvalue weighted by atomic mass is 9.73. The Kier molecular flexibility index (Phi) is 2.99. The largest absolute Gasteiger partial charge is 0.378 e. The van der Waals surface area contributed by atoms with E-state index in [0.717, 1.165) is 27.8 Å².